The molecule has 1 N–H and O–H groups in total. The summed E-state index contributed by atoms with van der Waals surface area (Å²) in [6.45, 7) is 3.45. The zero-order valence-corrected chi connectivity index (χ0v) is 20.3. The smallest absolute Gasteiger partial charge is 0.255 e. The van der Waals surface area contributed by atoms with E-state index in [0.717, 1.165) is 19.4 Å². The Labute approximate surface area is 200 Å². The highest BCUT2D eigenvalue weighted by Gasteiger charge is 2.28. The van der Waals surface area contributed by atoms with Crippen molar-refractivity contribution in [3.05, 3.63) is 48.0 Å². The molecule has 0 aliphatic carbocycles. The van der Waals surface area contributed by atoms with Gasteiger partial charge in [0.1, 0.15) is 18.1 Å². The van der Waals surface area contributed by atoms with E-state index in [4.69, 9.17) is 14.2 Å². The van der Waals surface area contributed by atoms with E-state index in [-0.39, 0.29) is 16.9 Å². The third-order valence-electron chi connectivity index (χ3n) is 6.10. The van der Waals surface area contributed by atoms with E-state index in [2.05, 4.69) is 10.2 Å². The first-order valence-corrected chi connectivity index (χ1v) is 12.8. The zero-order valence-electron chi connectivity index (χ0n) is 19.5. The molecule has 2 saturated heterocycles. The molecule has 1 atom stereocenters. The number of benzene rings is 2. The standard InChI is InChI=1S/C24H31N3O6S/c1-26-11-13-27(14-12-26)34(29,30)21-9-10-23(31-2)22(16-21)25-24(28)18-5-7-19(8-6-18)33-17-20-4-3-15-32-20/h5-10,16,20H,3-4,11-15,17H2,1-2H3,(H,25,28)/t20-/m0/s1. The van der Waals surface area contributed by atoms with E-state index in [9.17, 15) is 13.2 Å². The molecule has 2 aromatic carbocycles. The van der Waals surface area contributed by atoms with Crippen molar-refractivity contribution in [2.45, 2.75) is 23.8 Å². The van der Waals surface area contributed by atoms with Gasteiger partial charge in [0.15, 0.2) is 0 Å². The van der Waals surface area contributed by atoms with Gasteiger partial charge >= 0.3 is 0 Å². The lowest BCUT2D eigenvalue weighted by atomic mass is 10.2. The minimum atomic E-state index is -3.68. The number of rotatable bonds is 8. The number of piperazine rings is 1. The lowest BCUT2D eigenvalue weighted by Crippen LogP contribution is -2.47. The lowest BCUT2D eigenvalue weighted by Gasteiger charge is -2.31. The number of hydrogen-bond acceptors (Lipinski definition) is 7. The predicted octanol–water partition coefficient (Wildman–Crippen LogP) is 2.44. The second-order valence-corrected chi connectivity index (χ2v) is 10.4. The molecule has 2 aliphatic heterocycles. The van der Waals surface area contributed by atoms with Crippen molar-refractivity contribution in [3.63, 3.8) is 0 Å². The fourth-order valence-electron chi connectivity index (χ4n) is 3.98. The number of sulfonamides is 1. The van der Waals surface area contributed by atoms with E-state index >= 15 is 0 Å². The molecule has 0 bridgehead atoms. The third kappa shape index (κ3) is 5.69. The molecular formula is C24H31N3O6S. The average Bonchev–Trinajstić information content (AvgIpc) is 3.37. The van der Waals surface area contributed by atoms with E-state index < -0.39 is 10.0 Å². The van der Waals surface area contributed by atoms with Crippen molar-refractivity contribution in [1.82, 2.24) is 9.21 Å². The number of nitrogens with zero attached hydrogens (tertiary/aromatic N) is 2. The zero-order chi connectivity index (χ0) is 24.1. The summed E-state index contributed by atoms with van der Waals surface area (Å²) in [6.07, 6.45) is 2.16. The molecule has 0 radical (unpaired) electrons. The Bertz CT molecular complexity index is 1090. The molecular weight excluding hydrogens is 458 g/mol. The molecule has 0 unspecified atom stereocenters. The van der Waals surface area contributed by atoms with Gasteiger partial charge in [-0.3, -0.25) is 4.79 Å². The Kier molecular flexibility index (Phi) is 7.72. The molecule has 1 amide bonds. The van der Waals surface area contributed by atoms with Gasteiger partial charge < -0.3 is 24.4 Å². The Morgan fingerprint density at radius 2 is 1.85 bits per heavy atom. The predicted molar refractivity (Wildman–Crippen MR) is 128 cm³/mol. The monoisotopic (exact) mass is 489 g/mol. The second-order valence-electron chi connectivity index (χ2n) is 8.49. The van der Waals surface area contributed by atoms with Crippen LogP contribution in [-0.4, -0.2) is 83.2 Å². The molecule has 184 valence electrons. The summed E-state index contributed by atoms with van der Waals surface area (Å²) in [5, 5.41) is 2.78. The van der Waals surface area contributed by atoms with Crippen molar-refractivity contribution >= 4 is 21.6 Å². The SMILES string of the molecule is COc1ccc(S(=O)(=O)N2CCN(C)CC2)cc1NC(=O)c1ccc(OC[C@@H]2CCCO2)cc1. The van der Waals surface area contributed by atoms with Crippen molar-refractivity contribution in [2.75, 3.05) is 58.9 Å². The van der Waals surface area contributed by atoms with Crippen LogP contribution in [0, 0.1) is 0 Å². The van der Waals surface area contributed by atoms with Gasteiger partial charge in [0.05, 0.1) is 23.8 Å². The summed E-state index contributed by atoms with van der Waals surface area (Å²) in [7, 11) is -0.241. The maximum atomic E-state index is 13.1. The largest absolute Gasteiger partial charge is 0.495 e. The quantitative estimate of drug-likeness (QED) is 0.608. The molecule has 34 heavy (non-hydrogen) atoms. The van der Waals surface area contributed by atoms with Crippen LogP contribution in [0.2, 0.25) is 0 Å². The summed E-state index contributed by atoms with van der Waals surface area (Å²) >= 11 is 0. The molecule has 2 aromatic rings. The van der Waals surface area contributed by atoms with E-state index in [1.165, 1.54) is 23.5 Å². The van der Waals surface area contributed by atoms with Crippen LogP contribution in [0.25, 0.3) is 0 Å². The van der Waals surface area contributed by atoms with E-state index in [0.29, 0.717) is 55.5 Å². The summed E-state index contributed by atoms with van der Waals surface area (Å²) in [5.74, 6) is 0.658. The minimum Gasteiger partial charge on any atom is -0.495 e. The van der Waals surface area contributed by atoms with Gasteiger partial charge in [0.25, 0.3) is 5.91 Å². The van der Waals surface area contributed by atoms with Crippen LogP contribution in [-0.2, 0) is 14.8 Å². The maximum absolute atomic E-state index is 13.1. The van der Waals surface area contributed by atoms with Gasteiger partial charge in [-0.15, -0.1) is 0 Å². The topological polar surface area (TPSA) is 97.4 Å². The third-order valence-corrected chi connectivity index (χ3v) is 7.99. The summed E-state index contributed by atoms with van der Waals surface area (Å²) in [5.41, 5.74) is 0.709. The first kappa shape index (κ1) is 24.5. The van der Waals surface area contributed by atoms with Crippen LogP contribution in [0.5, 0.6) is 11.5 Å². The van der Waals surface area contributed by atoms with Crippen LogP contribution in [0.4, 0.5) is 5.69 Å². The number of carbonyl (C=O) groups excluding carboxylic acids is 1. The molecule has 9 nitrogen and oxygen atoms in total. The van der Waals surface area contributed by atoms with Gasteiger partial charge in [-0.25, -0.2) is 8.42 Å². The molecule has 0 spiro atoms. The fourth-order valence-corrected chi connectivity index (χ4v) is 5.43. The van der Waals surface area contributed by atoms with Gasteiger partial charge in [-0.1, -0.05) is 0 Å². The second kappa shape index (κ2) is 10.7. The van der Waals surface area contributed by atoms with Crippen molar-refractivity contribution in [3.8, 4) is 11.5 Å². The molecule has 4 rings (SSSR count). The van der Waals surface area contributed by atoms with Crippen LogP contribution >= 0.6 is 0 Å². The first-order valence-electron chi connectivity index (χ1n) is 11.4. The van der Waals surface area contributed by atoms with Crippen LogP contribution in [0.3, 0.4) is 0 Å². The maximum Gasteiger partial charge on any atom is 0.255 e. The van der Waals surface area contributed by atoms with Crippen LogP contribution in [0.1, 0.15) is 23.2 Å². The Morgan fingerprint density at radius 1 is 1.12 bits per heavy atom. The highest BCUT2D eigenvalue weighted by atomic mass is 32.2. The fraction of sp³-hybridized carbons (Fsp3) is 0.458. The molecule has 0 aromatic heterocycles. The Balaban J connectivity index is 1.45. The minimum absolute atomic E-state index is 0.116. The van der Waals surface area contributed by atoms with Crippen LogP contribution in [0.15, 0.2) is 47.4 Å². The number of hydrogen-bond donors (Lipinski definition) is 1. The van der Waals surface area contributed by atoms with Crippen molar-refractivity contribution in [1.29, 1.82) is 0 Å². The molecule has 0 saturated carbocycles. The number of anilines is 1. The van der Waals surface area contributed by atoms with Gasteiger partial charge in [0.2, 0.25) is 10.0 Å². The molecule has 2 aliphatic rings. The highest BCUT2D eigenvalue weighted by Crippen LogP contribution is 2.30. The summed E-state index contributed by atoms with van der Waals surface area (Å²) in [4.78, 5) is 15.1. The summed E-state index contributed by atoms with van der Waals surface area (Å²) in [6, 6.07) is 11.3. The van der Waals surface area contributed by atoms with Crippen LogP contribution < -0.4 is 14.8 Å². The molecule has 2 fully saturated rings. The molecule has 10 heteroatoms. The lowest BCUT2D eigenvalue weighted by molar-refractivity contribution is 0.0679. The number of nitrogens with one attached hydrogen (secondary N) is 1. The number of amides is 1. The highest BCUT2D eigenvalue weighted by molar-refractivity contribution is 7.89. The number of likely N-dealkylation sites (N-methyl/N-ethyl adjacent to an activating group) is 1. The molecule has 2 heterocycles. The van der Waals surface area contributed by atoms with Gasteiger partial charge in [0, 0.05) is 38.3 Å². The normalized spacial score (nSPS) is 19.6. The number of carbonyl (C=O) groups is 1. The Morgan fingerprint density at radius 3 is 2.50 bits per heavy atom. The van der Waals surface area contributed by atoms with E-state index in [1.54, 1.807) is 30.3 Å². The number of ether oxygens (including phenoxy) is 3. The Hall–Kier alpha value is -2.66. The van der Waals surface area contributed by atoms with Gasteiger partial charge in [-0.05, 0) is 62.4 Å². The summed E-state index contributed by atoms with van der Waals surface area (Å²) < 4.78 is 44.4. The van der Waals surface area contributed by atoms with E-state index in [1.807, 2.05) is 7.05 Å². The van der Waals surface area contributed by atoms with Gasteiger partial charge in [-0.2, -0.15) is 4.31 Å². The van der Waals surface area contributed by atoms with Crippen molar-refractivity contribution in [2.24, 2.45) is 0 Å². The first-order chi connectivity index (χ1) is 16.4. The van der Waals surface area contributed by atoms with Crippen molar-refractivity contribution < 1.29 is 27.4 Å². The number of methoxy groups -OCH3 is 1. The average molecular weight is 490 g/mol.